The maximum absolute atomic E-state index is 13.4. The molecule has 2 aromatic carbocycles. The fraction of sp³-hybridized carbons (Fsp3) is 0.385. The molecule has 2 aromatic heterocycles. The normalized spacial score (nSPS) is 17.2. The van der Waals surface area contributed by atoms with Gasteiger partial charge in [-0.2, -0.15) is 13.2 Å². The number of aryl methyl sites for hydroxylation is 1. The monoisotopic (exact) mass is 532 g/mol. The average molecular weight is 533 g/mol. The van der Waals surface area contributed by atoms with Crippen LogP contribution in [-0.4, -0.2) is 63.6 Å². The average Bonchev–Trinajstić information content (AvgIpc) is 3.47. The molecule has 196 valence electrons. The van der Waals surface area contributed by atoms with Gasteiger partial charge in [0.15, 0.2) is 12.0 Å². The molecule has 2 atom stereocenters. The summed E-state index contributed by atoms with van der Waals surface area (Å²) in [5.74, 6) is 0.747. The van der Waals surface area contributed by atoms with Crippen LogP contribution in [0.15, 0.2) is 53.1 Å². The Bertz CT molecular complexity index is 1360. The van der Waals surface area contributed by atoms with Crippen LogP contribution >= 0.6 is 11.3 Å². The van der Waals surface area contributed by atoms with Crippen molar-refractivity contribution in [2.45, 2.75) is 38.9 Å². The Labute approximate surface area is 216 Å². The molecular weight excluding hydrogens is 505 g/mol. The molecule has 1 fully saturated rings. The zero-order valence-corrected chi connectivity index (χ0v) is 21.2. The molecule has 1 aliphatic rings. The molecule has 3 heterocycles. The number of aliphatic hydroxyl groups excluding tert-OH is 1. The van der Waals surface area contributed by atoms with Gasteiger partial charge in [-0.25, -0.2) is 4.98 Å². The molecule has 1 N–H and O–H groups in total. The number of fused-ring (bicyclic) bond motifs is 1. The molecule has 0 radical (unpaired) electrons. The van der Waals surface area contributed by atoms with E-state index in [1.807, 2.05) is 25.1 Å². The van der Waals surface area contributed by atoms with Crippen molar-refractivity contribution in [3.8, 4) is 17.1 Å². The number of piperazine rings is 1. The van der Waals surface area contributed by atoms with Crippen molar-refractivity contribution in [2.75, 3.05) is 26.2 Å². The zero-order chi connectivity index (χ0) is 26.2. The van der Waals surface area contributed by atoms with Crippen LogP contribution in [0.25, 0.3) is 21.5 Å². The third kappa shape index (κ3) is 5.80. The Morgan fingerprint density at radius 1 is 1.11 bits per heavy atom. The van der Waals surface area contributed by atoms with E-state index in [4.69, 9.17) is 9.26 Å². The molecule has 1 unspecified atom stereocenters. The first-order valence-corrected chi connectivity index (χ1v) is 12.8. The highest BCUT2D eigenvalue weighted by molar-refractivity contribution is 7.18. The van der Waals surface area contributed by atoms with Crippen molar-refractivity contribution in [3.05, 3.63) is 64.8 Å². The molecule has 0 amide bonds. The molecule has 0 aliphatic carbocycles. The second kappa shape index (κ2) is 10.4. The van der Waals surface area contributed by atoms with Crippen LogP contribution in [0.2, 0.25) is 0 Å². The topological polar surface area (TPSA) is 74.9 Å². The van der Waals surface area contributed by atoms with E-state index in [-0.39, 0.29) is 11.3 Å². The van der Waals surface area contributed by atoms with Crippen molar-refractivity contribution < 1.29 is 27.5 Å². The zero-order valence-electron chi connectivity index (χ0n) is 20.4. The van der Waals surface area contributed by atoms with Crippen molar-refractivity contribution in [1.29, 1.82) is 0 Å². The Balaban J connectivity index is 1.21. The maximum Gasteiger partial charge on any atom is 0.417 e. The molecule has 37 heavy (non-hydrogen) atoms. The van der Waals surface area contributed by atoms with E-state index < -0.39 is 24.1 Å². The first kappa shape index (κ1) is 25.7. The third-order valence-corrected chi connectivity index (χ3v) is 7.30. The highest BCUT2D eigenvalue weighted by atomic mass is 32.1. The predicted molar refractivity (Wildman–Crippen MR) is 134 cm³/mol. The van der Waals surface area contributed by atoms with E-state index in [0.717, 1.165) is 21.3 Å². The number of alkyl halides is 3. The lowest BCUT2D eigenvalue weighted by Crippen LogP contribution is -2.55. The first-order valence-electron chi connectivity index (χ1n) is 12.0. The van der Waals surface area contributed by atoms with Crippen LogP contribution in [0.5, 0.6) is 5.75 Å². The summed E-state index contributed by atoms with van der Waals surface area (Å²) >= 11 is 1.62. The van der Waals surface area contributed by atoms with Crippen LogP contribution in [0.1, 0.15) is 23.2 Å². The lowest BCUT2D eigenvalue weighted by atomic mass is 10.0. The van der Waals surface area contributed by atoms with Gasteiger partial charge in [0.1, 0.15) is 11.9 Å². The van der Waals surface area contributed by atoms with Gasteiger partial charge in [-0.1, -0.05) is 23.4 Å². The van der Waals surface area contributed by atoms with Crippen LogP contribution < -0.4 is 4.74 Å². The van der Waals surface area contributed by atoms with Crippen molar-refractivity contribution in [2.24, 2.45) is 0 Å². The van der Waals surface area contributed by atoms with Crippen molar-refractivity contribution >= 4 is 21.6 Å². The van der Waals surface area contributed by atoms with E-state index in [1.165, 1.54) is 12.1 Å². The Hall–Kier alpha value is -2.99. The van der Waals surface area contributed by atoms with Gasteiger partial charge in [-0.3, -0.25) is 9.80 Å². The lowest BCUT2D eigenvalue weighted by molar-refractivity contribution is -0.137. The van der Waals surface area contributed by atoms with Gasteiger partial charge in [0, 0.05) is 50.4 Å². The number of ether oxygens (including phenoxy) is 1. The molecule has 4 aromatic rings. The summed E-state index contributed by atoms with van der Waals surface area (Å²) in [5, 5.41) is 15.4. The lowest BCUT2D eigenvalue weighted by Gasteiger charge is -2.39. The standard InChI is InChI=1S/C26H27F3N4O3S/c1-16(34)25(35-19-7-8-24-22(14-19)30-17(2)37-24)33-11-9-32(10-12-33)15-18-13-23(36-31-18)20-5-3-4-6-21(20)26(27,28)29/h3-8,13-14,16,25,34H,9-12,15H2,1-2H3/t16-,25?/m1/s1. The minimum absolute atomic E-state index is 0.0264. The van der Waals surface area contributed by atoms with Crippen molar-refractivity contribution in [1.82, 2.24) is 19.9 Å². The number of aromatic nitrogens is 2. The number of hydrogen-bond acceptors (Lipinski definition) is 8. The molecule has 0 spiro atoms. The van der Waals surface area contributed by atoms with Gasteiger partial charge >= 0.3 is 6.18 Å². The summed E-state index contributed by atoms with van der Waals surface area (Å²) in [6.45, 7) is 6.77. The SMILES string of the molecule is Cc1nc2cc(OC([C@@H](C)O)N3CCN(Cc4cc(-c5ccccc5C(F)(F)F)on4)CC3)ccc2s1. The van der Waals surface area contributed by atoms with Crippen LogP contribution in [-0.2, 0) is 12.7 Å². The van der Waals surface area contributed by atoms with Crippen LogP contribution in [0.4, 0.5) is 13.2 Å². The quantitative estimate of drug-likeness (QED) is 0.352. The molecule has 11 heteroatoms. The Morgan fingerprint density at radius 2 is 1.86 bits per heavy atom. The van der Waals surface area contributed by atoms with E-state index in [2.05, 4.69) is 19.9 Å². The molecule has 5 rings (SSSR count). The molecule has 7 nitrogen and oxygen atoms in total. The predicted octanol–water partition coefficient (Wildman–Crippen LogP) is 5.18. The Morgan fingerprint density at radius 3 is 2.59 bits per heavy atom. The highest BCUT2D eigenvalue weighted by Crippen LogP contribution is 2.37. The Kier molecular flexibility index (Phi) is 7.21. The van der Waals surface area contributed by atoms with Gasteiger partial charge in [-0.15, -0.1) is 11.3 Å². The van der Waals surface area contributed by atoms with E-state index >= 15 is 0 Å². The third-order valence-electron chi connectivity index (χ3n) is 6.34. The minimum Gasteiger partial charge on any atom is -0.472 e. The summed E-state index contributed by atoms with van der Waals surface area (Å²) in [4.78, 5) is 8.75. The largest absolute Gasteiger partial charge is 0.472 e. The van der Waals surface area contributed by atoms with Gasteiger partial charge in [-0.05, 0) is 32.0 Å². The van der Waals surface area contributed by atoms with E-state index in [9.17, 15) is 18.3 Å². The summed E-state index contributed by atoms with van der Waals surface area (Å²) in [5.41, 5.74) is 0.663. The van der Waals surface area contributed by atoms with E-state index in [0.29, 0.717) is 44.2 Å². The molecule has 0 saturated carbocycles. The molecular formula is C26H27F3N4O3S. The number of halogens is 3. The minimum atomic E-state index is -4.48. The number of aliphatic hydroxyl groups is 1. The first-order chi connectivity index (χ1) is 17.7. The molecule has 1 saturated heterocycles. The fourth-order valence-electron chi connectivity index (χ4n) is 4.58. The summed E-state index contributed by atoms with van der Waals surface area (Å²) in [7, 11) is 0. The maximum atomic E-state index is 13.4. The highest BCUT2D eigenvalue weighted by Gasteiger charge is 2.34. The van der Waals surface area contributed by atoms with Gasteiger partial charge in [0.25, 0.3) is 0 Å². The van der Waals surface area contributed by atoms with Crippen LogP contribution in [0, 0.1) is 6.92 Å². The smallest absolute Gasteiger partial charge is 0.417 e. The fourth-order valence-corrected chi connectivity index (χ4v) is 5.38. The number of nitrogens with zero attached hydrogens (tertiary/aromatic N) is 4. The molecule has 0 bridgehead atoms. The number of benzene rings is 2. The summed E-state index contributed by atoms with van der Waals surface area (Å²) in [6, 6.07) is 12.6. The van der Waals surface area contributed by atoms with Gasteiger partial charge in [0.2, 0.25) is 0 Å². The number of hydrogen-bond donors (Lipinski definition) is 1. The van der Waals surface area contributed by atoms with Crippen molar-refractivity contribution in [3.63, 3.8) is 0 Å². The van der Waals surface area contributed by atoms with E-state index in [1.54, 1.807) is 30.4 Å². The summed E-state index contributed by atoms with van der Waals surface area (Å²) in [6.07, 6.45) is -5.71. The number of thiazole rings is 1. The van der Waals surface area contributed by atoms with Gasteiger partial charge in [0.05, 0.1) is 26.5 Å². The molecule has 1 aliphatic heterocycles. The second-order valence-corrected chi connectivity index (χ2v) is 10.4. The van der Waals surface area contributed by atoms with Gasteiger partial charge < -0.3 is 14.4 Å². The number of rotatable bonds is 7. The second-order valence-electron chi connectivity index (χ2n) is 9.15. The van der Waals surface area contributed by atoms with Crippen LogP contribution in [0.3, 0.4) is 0 Å². The summed E-state index contributed by atoms with van der Waals surface area (Å²) < 4.78 is 52.7.